The van der Waals surface area contributed by atoms with Gasteiger partial charge in [-0.1, -0.05) is 35.9 Å². The molecular weight excluding hydrogens is 372 g/mol. The maximum Gasteiger partial charge on any atom is 0.251 e. The summed E-state index contributed by atoms with van der Waals surface area (Å²) in [5, 5.41) is 2.97. The Bertz CT molecular complexity index is 922. The number of benzene rings is 2. The Morgan fingerprint density at radius 3 is 2.54 bits per heavy atom. The van der Waals surface area contributed by atoms with Crippen LogP contribution in [0.2, 0.25) is 5.02 Å². The molecule has 3 rings (SSSR count). The molecule has 0 atom stereocenters. The van der Waals surface area contributed by atoms with Gasteiger partial charge in [-0.25, -0.2) is 8.42 Å². The zero-order valence-electron chi connectivity index (χ0n) is 14.5. The van der Waals surface area contributed by atoms with Crippen molar-refractivity contribution < 1.29 is 13.2 Å². The molecule has 7 heteroatoms. The van der Waals surface area contributed by atoms with Gasteiger partial charge in [-0.15, -0.1) is 0 Å². The van der Waals surface area contributed by atoms with Crippen molar-refractivity contribution in [3.63, 3.8) is 0 Å². The van der Waals surface area contributed by atoms with E-state index in [0.717, 1.165) is 24.0 Å². The summed E-state index contributed by atoms with van der Waals surface area (Å²) in [5.41, 5.74) is 2.38. The molecule has 1 N–H and O–H groups in total. The predicted molar refractivity (Wildman–Crippen MR) is 102 cm³/mol. The van der Waals surface area contributed by atoms with Crippen molar-refractivity contribution in [3.8, 4) is 0 Å². The lowest BCUT2D eigenvalue weighted by molar-refractivity contribution is 0.0950. The van der Waals surface area contributed by atoms with Crippen LogP contribution in [-0.4, -0.2) is 31.7 Å². The van der Waals surface area contributed by atoms with Crippen LogP contribution in [-0.2, 0) is 16.6 Å². The third-order valence-electron chi connectivity index (χ3n) is 4.58. The molecule has 5 nitrogen and oxygen atoms in total. The van der Waals surface area contributed by atoms with Gasteiger partial charge in [0.15, 0.2) is 0 Å². The first-order valence-electron chi connectivity index (χ1n) is 8.52. The molecule has 1 saturated heterocycles. The van der Waals surface area contributed by atoms with Crippen molar-refractivity contribution >= 4 is 27.5 Å². The second-order valence-electron chi connectivity index (χ2n) is 6.37. The number of nitrogens with one attached hydrogen (secondary N) is 1. The van der Waals surface area contributed by atoms with E-state index in [2.05, 4.69) is 5.32 Å². The highest BCUT2D eigenvalue weighted by atomic mass is 35.5. The van der Waals surface area contributed by atoms with Crippen molar-refractivity contribution in [2.24, 2.45) is 0 Å². The maximum atomic E-state index is 12.8. The fraction of sp³-hybridized carbons (Fsp3) is 0.316. The molecule has 0 aromatic heterocycles. The zero-order chi connectivity index (χ0) is 18.7. The molecular formula is C19H21ClN2O3S. The summed E-state index contributed by atoms with van der Waals surface area (Å²) in [5.74, 6) is -0.331. The van der Waals surface area contributed by atoms with Crippen LogP contribution in [0.15, 0.2) is 47.4 Å². The lowest BCUT2D eigenvalue weighted by Crippen LogP contribution is -2.29. The second kappa shape index (κ2) is 7.78. The van der Waals surface area contributed by atoms with Crippen molar-refractivity contribution in [2.75, 3.05) is 13.1 Å². The third-order valence-corrected chi connectivity index (χ3v) is 6.96. The van der Waals surface area contributed by atoms with Crippen molar-refractivity contribution in [1.82, 2.24) is 9.62 Å². The van der Waals surface area contributed by atoms with E-state index in [9.17, 15) is 13.2 Å². The molecule has 0 radical (unpaired) electrons. The van der Waals surface area contributed by atoms with Gasteiger partial charge in [0, 0.05) is 25.2 Å². The molecule has 0 aliphatic carbocycles. The van der Waals surface area contributed by atoms with Gasteiger partial charge in [-0.05, 0) is 49.1 Å². The standard InChI is InChI=1S/C19H21ClN2O3S/c1-14-6-2-3-7-16(14)13-21-19(23)15-8-9-17(20)18(12-15)26(24,25)22-10-4-5-11-22/h2-3,6-9,12H,4-5,10-11,13H2,1H3,(H,21,23). The molecule has 1 amide bonds. The summed E-state index contributed by atoms with van der Waals surface area (Å²) in [6.07, 6.45) is 1.68. The Morgan fingerprint density at radius 1 is 1.15 bits per heavy atom. The summed E-state index contributed by atoms with van der Waals surface area (Å²) in [6.45, 7) is 3.33. The molecule has 2 aromatic rings. The van der Waals surface area contributed by atoms with E-state index in [-0.39, 0.29) is 21.4 Å². The first kappa shape index (κ1) is 18.9. The Hall–Kier alpha value is -1.89. The molecule has 26 heavy (non-hydrogen) atoms. The predicted octanol–water partition coefficient (Wildman–Crippen LogP) is 3.36. The van der Waals surface area contributed by atoms with E-state index in [1.165, 1.54) is 16.4 Å². The van der Waals surface area contributed by atoms with Crippen LogP contribution >= 0.6 is 11.6 Å². The van der Waals surface area contributed by atoms with Gasteiger partial charge in [0.05, 0.1) is 5.02 Å². The number of rotatable bonds is 5. The highest BCUT2D eigenvalue weighted by molar-refractivity contribution is 7.89. The molecule has 1 aliphatic rings. The average Bonchev–Trinajstić information content (AvgIpc) is 3.16. The third kappa shape index (κ3) is 3.92. The number of nitrogens with zero attached hydrogens (tertiary/aromatic N) is 1. The van der Waals surface area contributed by atoms with Gasteiger partial charge in [0.2, 0.25) is 10.0 Å². The van der Waals surface area contributed by atoms with Crippen LogP contribution in [0.3, 0.4) is 0 Å². The van der Waals surface area contributed by atoms with Crippen LogP contribution in [0, 0.1) is 6.92 Å². The summed E-state index contributed by atoms with van der Waals surface area (Å²) in [7, 11) is -3.68. The Labute approximate surface area is 159 Å². The van der Waals surface area contributed by atoms with Crippen LogP contribution in [0.5, 0.6) is 0 Å². The van der Waals surface area contributed by atoms with E-state index < -0.39 is 10.0 Å². The van der Waals surface area contributed by atoms with Crippen LogP contribution < -0.4 is 5.32 Å². The largest absolute Gasteiger partial charge is 0.348 e. The number of sulfonamides is 1. The molecule has 0 saturated carbocycles. The van der Waals surface area contributed by atoms with Gasteiger partial charge < -0.3 is 5.32 Å². The average molecular weight is 393 g/mol. The molecule has 1 fully saturated rings. The lowest BCUT2D eigenvalue weighted by atomic mass is 10.1. The number of carbonyl (C=O) groups excluding carboxylic acids is 1. The van der Waals surface area contributed by atoms with E-state index in [0.29, 0.717) is 19.6 Å². The van der Waals surface area contributed by atoms with Gasteiger partial charge in [-0.2, -0.15) is 4.31 Å². The monoisotopic (exact) mass is 392 g/mol. The Kier molecular flexibility index (Phi) is 5.65. The number of aryl methyl sites for hydroxylation is 1. The van der Waals surface area contributed by atoms with Crippen LogP contribution in [0.25, 0.3) is 0 Å². The highest BCUT2D eigenvalue weighted by Gasteiger charge is 2.29. The van der Waals surface area contributed by atoms with Crippen molar-refractivity contribution in [1.29, 1.82) is 0 Å². The minimum absolute atomic E-state index is 0.00962. The van der Waals surface area contributed by atoms with Gasteiger partial charge in [0.25, 0.3) is 5.91 Å². The fourth-order valence-corrected chi connectivity index (χ4v) is 5.01. The van der Waals surface area contributed by atoms with Crippen molar-refractivity contribution in [2.45, 2.75) is 31.2 Å². The lowest BCUT2D eigenvalue weighted by Gasteiger charge is -2.17. The quantitative estimate of drug-likeness (QED) is 0.848. The first-order valence-corrected chi connectivity index (χ1v) is 10.3. The fourth-order valence-electron chi connectivity index (χ4n) is 3.00. The van der Waals surface area contributed by atoms with Crippen LogP contribution in [0.4, 0.5) is 0 Å². The smallest absolute Gasteiger partial charge is 0.251 e. The molecule has 1 aliphatic heterocycles. The highest BCUT2D eigenvalue weighted by Crippen LogP contribution is 2.28. The number of halogens is 1. The minimum atomic E-state index is -3.68. The second-order valence-corrected chi connectivity index (χ2v) is 8.68. The molecule has 0 bridgehead atoms. The topological polar surface area (TPSA) is 66.5 Å². The maximum absolute atomic E-state index is 12.8. The summed E-state index contributed by atoms with van der Waals surface area (Å²) >= 11 is 6.12. The molecule has 138 valence electrons. The summed E-state index contributed by atoms with van der Waals surface area (Å²) in [4.78, 5) is 12.5. The van der Waals surface area contributed by atoms with E-state index in [4.69, 9.17) is 11.6 Å². The van der Waals surface area contributed by atoms with Gasteiger partial charge in [-0.3, -0.25) is 4.79 Å². The Morgan fingerprint density at radius 2 is 1.85 bits per heavy atom. The minimum Gasteiger partial charge on any atom is -0.348 e. The summed E-state index contributed by atoms with van der Waals surface area (Å²) in [6, 6.07) is 12.1. The summed E-state index contributed by atoms with van der Waals surface area (Å²) < 4.78 is 26.9. The molecule has 0 unspecified atom stereocenters. The normalized spacial score (nSPS) is 15.2. The number of hydrogen-bond donors (Lipinski definition) is 1. The van der Waals surface area contributed by atoms with E-state index in [1.54, 1.807) is 6.07 Å². The van der Waals surface area contributed by atoms with Gasteiger partial charge in [0.1, 0.15) is 4.90 Å². The van der Waals surface area contributed by atoms with Crippen molar-refractivity contribution in [3.05, 3.63) is 64.2 Å². The first-order chi connectivity index (χ1) is 12.4. The van der Waals surface area contributed by atoms with Crippen LogP contribution in [0.1, 0.15) is 34.3 Å². The number of amides is 1. The zero-order valence-corrected chi connectivity index (χ0v) is 16.1. The number of carbonyl (C=O) groups is 1. The Balaban J connectivity index is 1.80. The number of hydrogen-bond acceptors (Lipinski definition) is 3. The van der Waals surface area contributed by atoms with E-state index >= 15 is 0 Å². The SMILES string of the molecule is Cc1ccccc1CNC(=O)c1ccc(Cl)c(S(=O)(=O)N2CCCC2)c1. The molecule has 2 aromatic carbocycles. The molecule has 1 heterocycles. The van der Waals surface area contributed by atoms with E-state index in [1.807, 2.05) is 31.2 Å². The molecule has 0 spiro atoms. The van der Waals surface area contributed by atoms with Gasteiger partial charge >= 0.3 is 0 Å².